The molecule has 0 saturated heterocycles. The lowest BCUT2D eigenvalue weighted by molar-refractivity contribution is -0.142. The number of aliphatic hydroxyl groups excluding tert-OH is 1. The van der Waals surface area contributed by atoms with Crippen molar-refractivity contribution in [2.75, 3.05) is 0 Å². The molecular weight excluding hydrogens is 156 g/mol. The van der Waals surface area contributed by atoms with Gasteiger partial charge in [0.25, 0.3) is 0 Å². The van der Waals surface area contributed by atoms with E-state index in [1.165, 1.54) is 0 Å². The molecule has 3 heteroatoms. The number of aliphatic hydroxyl groups is 1. The van der Waals surface area contributed by atoms with Gasteiger partial charge in [0.05, 0.1) is 12.0 Å². The Morgan fingerprint density at radius 3 is 2.08 bits per heavy atom. The van der Waals surface area contributed by atoms with Gasteiger partial charge in [-0.05, 0) is 11.8 Å². The lowest BCUT2D eigenvalue weighted by Gasteiger charge is -2.26. The van der Waals surface area contributed by atoms with E-state index >= 15 is 0 Å². The summed E-state index contributed by atoms with van der Waals surface area (Å²) in [4.78, 5) is 10.5. The van der Waals surface area contributed by atoms with E-state index in [0.29, 0.717) is 6.42 Å². The zero-order valence-corrected chi connectivity index (χ0v) is 8.16. The van der Waals surface area contributed by atoms with Gasteiger partial charge in [0, 0.05) is 0 Å². The number of rotatable bonds is 3. The average molecular weight is 174 g/mol. The molecule has 0 aromatic carbocycles. The summed E-state index contributed by atoms with van der Waals surface area (Å²) in [5.74, 6) is -1.32. The van der Waals surface area contributed by atoms with Crippen LogP contribution in [0.1, 0.15) is 34.1 Å². The molecule has 0 aliphatic heterocycles. The second-order valence-electron chi connectivity index (χ2n) is 4.36. The van der Waals surface area contributed by atoms with Crippen LogP contribution in [0.25, 0.3) is 0 Å². The normalized spacial score (nSPS) is 17.1. The first-order chi connectivity index (χ1) is 5.25. The van der Waals surface area contributed by atoms with Crippen LogP contribution in [0.15, 0.2) is 0 Å². The van der Waals surface area contributed by atoms with Crippen LogP contribution in [0, 0.1) is 11.3 Å². The van der Waals surface area contributed by atoms with Crippen molar-refractivity contribution in [3.05, 3.63) is 0 Å². The highest BCUT2D eigenvalue weighted by molar-refractivity contribution is 5.69. The third-order valence-electron chi connectivity index (χ3n) is 2.00. The summed E-state index contributed by atoms with van der Waals surface area (Å²) in [6.45, 7) is 7.29. The molecule has 0 saturated carbocycles. The van der Waals surface area contributed by atoms with Crippen LogP contribution in [-0.4, -0.2) is 22.3 Å². The third kappa shape index (κ3) is 3.72. The molecule has 0 aliphatic carbocycles. The summed E-state index contributed by atoms with van der Waals surface area (Å²) in [6, 6.07) is 0. The van der Waals surface area contributed by atoms with Crippen LogP contribution in [-0.2, 0) is 4.79 Å². The van der Waals surface area contributed by atoms with Gasteiger partial charge in [0.2, 0.25) is 0 Å². The van der Waals surface area contributed by atoms with Crippen molar-refractivity contribution in [3.8, 4) is 0 Å². The zero-order chi connectivity index (χ0) is 9.94. The predicted molar refractivity (Wildman–Crippen MR) is 46.9 cm³/mol. The van der Waals surface area contributed by atoms with E-state index in [2.05, 4.69) is 0 Å². The Kier molecular flexibility index (Phi) is 3.71. The summed E-state index contributed by atoms with van der Waals surface area (Å²) < 4.78 is 0. The molecule has 0 bridgehead atoms. The van der Waals surface area contributed by atoms with Crippen LogP contribution < -0.4 is 0 Å². The molecule has 3 nitrogen and oxygen atoms in total. The fraction of sp³-hybridized carbons (Fsp3) is 0.889. The molecule has 12 heavy (non-hydrogen) atoms. The maximum atomic E-state index is 10.5. The van der Waals surface area contributed by atoms with Gasteiger partial charge in [-0.15, -0.1) is 0 Å². The molecule has 0 spiro atoms. The van der Waals surface area contributed by atoms with Crippen molar-refractivity contribution in [2.45, 2.75) is 40.2 Å². The number of hydrogen-bond donors (Lipinski definition) is 2. The zero-order valence-electron chi connectivity index (χ0n) is 8.16. The Morgan fingerprint density at radius 2 is 1.83 bits per heavy atom. The SMILES string of the molecule is CC(CC(O)C(C)(C)C)C(=O)O. The molecule has 0 amide bonds. The molecule has 2 N–H and O–H groups in total. The second kappa shape index (κ2) is 3.90. The van der Waals surface area contributed by atoms with Crippen molar-refractivity contribution in [1.29, 1.82) is 0 Å². The largest absolute Gasteiger partial charge is 0.481 e. The molecule has 0 aromatic heterocycles. The fourth-order valence-corrected chi connectivity index (χ4v) is 0.789. The maximum absolute atomic E-state index is 10.5. The summed E-state index contributed by atoms with van der Waals surface area (Å²) in [5, 5.41) is 18.1. The van der Waals surface area contributed by atoms with Crippen LogP contribution in [0.5, 0.6) is 0 Å². The molecule has 72 valence electrons. The van der Waals surface area contributed by atoms with Gasteiger partial charge in [0.15, 0.2) is 0 Å². The smallest absolute Gasteiger partial charge is 0.306 e. The summed E-state index contributed by atoms with van der Waals surface area (Å²) in [5.41, 5.74) is -0.232. The van der Waals surface area contributed by atoms with Gasteiger partial charge in [-0.1, -0.05) is 27.7 Å². The highest BCUT2D eigenvalue weighted by Crippen LogP contribution is 2.24. The number of aliphatic carboxylic acids is 1. The fourth-order valence-electron chi connectivity index (χ4n) is 0.789. The van der Waals surface area contributed by atoms with Crippen molar-refractivity contribution in [2.24, 2.45) is 11.3 Å². The molecule has 0 rings (SSSR count). The first kappa shape index (κ1) is 11.4. The molecule has 0 fully saturated rings. The van der Waals surface area contributed by atoms with Crippen molar-refractivity contribution in [3.63, 3.8) is 0 Å². The van der Waals surface area contributed by atoms with E-state index in [1.807, 2.05) is 20.8 Å². The lowest BCUT2D eigenvalue weighted by Crippen LogP contribution is -2.29. The number of carbonyl (C=O) groups is 1. The van der Waals surface area contributed by atoms with E-state index in [1.54, 1.807) is 6.92 Å². The molecule has 0 aromatic rings. The van der Waals surface area contributed by atoms with Crippen LogP contribution in [0.3, 0.4) is 0 Å². The molecule has 0 radical (unpaired) electrons. The predicted octanol–water partition coefficient (Wildman–Crippen LogP) is 1.50. The molecule has 2 atom stereocenters. The van der Waals surface area contributed by atoms with Crippen molar-refractivity contribution in [1.82, 2.24) is 0 Å². The standard InChI is InChI=1S/C9H18O3/c1-6(8(11)12)5-7(10)9(2,3)4/h6-7,10H,5H2,1-4H3,(H,11,12). The number of carboxylic acid groups (broad SMARTS) is 1. The van der Waals surface area contributed by atoms with Gasteiger partial charge in [-0.3, -0.25) is 4.79 Å². The number of carboxylic acids is 1. The van der Waals surface area contributed by atoms with Gasteiger partial charge < -0.3 is 10.2 Å². The maximum Gasteiger partial charge on any atom is 0.306 e. The minimum atomic E-state index is -0.849. The molecular formula is C9H18O3. The Labute approximate surface area is 73.4 Å². The minimum Gasteiger partial charge on any atom is -0.481 e. The molecule has 0 heterocycles. The van der Waals surface area contributed by atoms with E-state index < -0.39 is 18.0 Å². The van der Waals surface area contributed by atoms with Gasteiger partial charge >= 0.3 is 5.97 Å². The first-order valence-corrected chi connectivity index (χ1v) is 4.16. The van der Waals surface area contributed by atoms with Crippen LogP contribution in [0.2, 0.25) is 0 Å². The van der Waals surface area contributed by atoms with E-state index in [0.717, 1.165) is 0 Å². The highest BCUT2D eigenvalue weighted by atomic mass is 16.4. The second-order valence-corrected chi connectivity index (χ2v) is 4.36. The highest BCUT2D eigenvalue weighted by Gasteiger charge is 2.26. The Hall–Kier alpha value is -0.570. The molecule has 2 unspecified atom stereocenters. The van der Waals surface area contributed by atoms with E-state index in [-0.39, 0.29) is 5.41 Å². The van der Waals surface area contributed by atoms with Gasteiger partial charge in [-0.2, -0.15) is 0 Å². The van der Waals surface area contributed by atoms with Crippen LogP contribution in [0.4, 0.5) is 0 Å². The monoisotopic (exact) mass is 174 g/mol. The summed E-state index contributed by atoms with van der Waals surface area (Å²) in [6.07, 6.45) is -0.234. The van der Waals surface area contributed by atoms with E-state index in [4.69, 9.17) is 5.11 Å². The van der Waals surface area contributed by atoms with Crippen LogP contribution >= 0.6 is 0 Å². The first-order valence-electron chi connectivity index (χ1n) is 4.16. The lowest BCUT2D eigenvalue weighted by atomic mass is 9.84. The topological polar surface area (TPSA) is 57.5 Å². The number of hydrogen-bond acceptors (Lipinski definition) is 2. The molecule has 0 aliphatic rings. The van der Waals surface area contributed by atoms with Crippen molar-refractivity contribution < 1.29 is 15.0 Å². The third-order valence-corrected chi connectivity index (χ3v) is 2.00. The Balaban J connectivity index is 4.01. The van der Waals surface area contributed by atoms with E-state index in [9.17, 15) is 9.90 Å². The van der Waals surface area contributed by atoms with Gasteiger partial charge in [0.1, 0.15) is 0 Å². The Morgan fingerprint density at radius 1 is 1.42 bits per heavy atom. The van der Waals surface area contributed by atoms with Crippen molar-refractivity contribution >= 4 is 5.97 Å². The summed E-state index contributed by atoms with van der Waals surface area (Å²) in [7, 11) is 0. The Bertz CT molecular complexity index is 158. The van der Waals surface area contributed by atoms with Gasteiger partial charge in [-0.25, -0.2) is 0 Å². The quantitative estimate of drug-likeness (QED) is 0.681. The summed E-state index contributed by atoms with van der Waals surface area (Å²) >= 11 is 0. The minimum absolute atomic E-state index is 0.232. The average Bonchev–Trinajstić information content (AvgIpc) is 1.85.